The highest BCUT2D eigenvalue weighted by Gasteiger charge is 1.95. The van der Waals surface area contributed by atoms with Gasteiger partial charge in [0.25, 0.3) is 0 Å². The number of carboxylic acids is 1. The molecule has 3 N–H and O–H groups in total. The van der Waals surface area contributed by atoms with Crippen LogP contribution in [0.25, 0.3) is 0 Å². The molecule has 0 radical (unpaired) electrons. The first-order chi connectivity index (χ1) is 9.85. The van der Waals surface area contributed by atoms with Crippen LogP contribution in [0.3, 0.4) is 0 Å². The van der Waals surface area contributed by atoms with Gasteiger partial charge in [0.2, 0.25) is 0 Å². The number of benzene rings is 1. The van der Waals surface area contributed by atoms with Crippen LogP contribution in [0, 0.1) is 0 Å². The number of carboxylic acid groups (broad SMARTS) is 1. The van der Waals surface area contributed by atoms with Gasteiger partial charge < -0.3 is 20.3 Å². The van der Waals surface area contributed by atoms with Crippen molar-refractivity contribution in [3.63, 3.8) is 0 Å². The minimum absolute atomic E-state index is 0.221. The van der Waals surface area contributed by atoms with E-state index in [0.29, 0.717) is 0 Å². The van der Waals surface area contributed by atoms with E-state index in [0.717, 1.165) is 23.6 Å². The molecule has 0 saturated heterocycles. The summed E-state index contributed by atoms with van der Waals surface area (Å²) in [7, 11) is 0. The Morgan fingerprint density at radius 3 is 2.24 bits per heavy atom. The van der Waals surface area contributed by atoms with Crippen molar-refractivity contribution in [2.75, 3.05) is 12.3 Å². The number of hydrogen-bond donors (Lipinski definition) is 2. The molecule has 6 heteroatoms. The molecule has 0 bridgehead atoms. The number of hydrogen-bond acceptors (Lipinski definition) is 5. The van der Waals surface area contributed by atoms with Crippen LogP contribution in [0.4, 0.5) is 5.69 Å². The van der Waals surface area contributed by atoms with Crippen molar-refractivity contribution in [2.45, 2.75) is 26.9 Å². The molecular formula is C15H21NO5. The Balaban J connectivity index is 0.000000384. The highest BCUT2D eigenvalue weighted by atomic mass is 16.5. The molecule has 0 unspecified atom stereocenters. The molecule has 21 heavy (non-hydrogen) atoms. The molecule has 6 nitrogen and oxygen atoms in total. The normalized spacial score (nSPS) is 9.90. The summed E-state index contributed by atoms with van der Waals surface area (Å²) in [6.45, 7) is 5.89. The number of nitrogens with two attached hydrogens (primary N) is 1. The van der Waals surface area contributed by atoms with Crippen molar-refractivity contribution in [1.82, 2.24) is 0 Å². The van der Waals surface area contributed by atoms with E-state index in [4.69, 9.17) is 15.6 Å². The van der Waals surface area contributed by atoms with Gasteiger partial charge in [-0.15, -0.1) is 0 Å². The van der Waals surface area contributed by atoms with Crippen molar-refractivity contribution in [1.29, 1.82) is 0 Å². The SMILES string of the molecule is CC(C)Oc1ccc(N)cc1.CCOC(=O)C=CC(=O)O. The molecule has 1 aromatic carbocycles. The molecule has 0 aromatic heterocycles. The van der Waals surface area contributed by atoms with Crippen molar-refractivity contribution in [3.05, 3.63) is 36.4 Å². The Bertz CT molecular complexity index is 465. The largest absolute Gasteiger partial charge is 0.491 e. The molecule has 0 amide bonds. The van der Waals surface area contributed by atoms with Crippen LogP contribution in [0.1, 0.15) is 20.8 Å². The first-order valence-electron chi connectivity index (χ1n) is 6.45. The first kappa shape index (κ1) is 18.5. The van der Waals surface area contributed by atoms with Gasteiger partial charge in [0.1, 0.15) is 5.75 Å². The molecule has 0 aliphatic rings. The Hall–Kier alpha value is -2.50. The number of ether oxygens (including phenoxy) is 2. The molecular weight excluding hydrogens is 274 g/mol. The summed E-state index contributed by atoms with van der Waals surface area (Å²) in [6.07, 6.45) is 1.82. The van der Waals surface area contributed by atoms with Crippen LogP contribution in [-0.4, -0.2) is 29.8 Å². The van der Waals surface area contributed by atoms with E-state index >= 15 is 0 Å². The van der Waals surface area contributed by atoms with E-state index in [2.05, 4.69) is 4.74 Å². The highest BCUT2D eigenvalue weighted by molar-refractivity contribution is 5.90. The van der Waals surface area contributed by atoms with E-state index in [-0.39, 0.29) is 12.7 Å². The monoisotopic (exact) mass is 295 g/mol. The zero-order chi connectivity index (χ0) is 16.3. The summed E-state index contributed by atoms with van der Waals surface area (Å²) in [6, 6.07) is 7.40. The molecule has 0 aliphatic heterocycles. The molecule has 0 heterocycles. The number of esters is 1. The van der Waals surface area contributed by atoms with Crippen LogP contribution in [-0.2, 0) is 14.3 Å². The van der Waals surface area contributed by atoms with Gasteiger partial charge in [-0.05, 0) is 45.0 Å². The Kier molecular flexibility index (Phi) is 9.08. The summed E-state index contributed by atoms with van der Waals surface area (Å²) in [5, 5.41) is 8.04. The van der Waals surface area contributed by atoms with E-state index in [1.807, 2.05) is 38.1 Å². The third-order valence-electron chi connectivity index (χ3n) is 1.90. The summed E-state index contributed by atoms with van der Waals surface area (Å²) >= 11 is 0. The molecule has 1 aromatic rings. The van der Waals surface area contributed by atoms with Gasteiger partial charge in [0, 0.05) is 17.8 Å². The third kappa shape index (κ3) is 11.1. The van der Waals surface area contributed by atoms with Gasteiger partial charge in [-0.2, -0.15) is 0 Å². The number of aliphatic carboxylic acids is 1. The third-order valence-corrected chi connectivity index (χ3v) is 1.90. The maximum Gasteiger partial charge on any atom is 0.330 e. The number of anilines is 1. The van der Waals surface area contributed by atoms with Gasteiger partial charge >= 0.3 is 11.9 Å². The number of nitrogen functional groups attached to an aromatic ring is 1. The lowest BCUT2D eigenvalue weighted by Gasteiger charge is -2.08. The van der Waals surface area contributed by atoms with Gasteiger partial charge in [-0.3, -0.25) is 0 Å². The maximum atomic E-state index is 10.4. The molecule has 116 valence electrons. The average Bonchev–Trinajstić information content (AvgIpc) is 2.40. The van der Waals surface area contributed by atoms with E-state index in [1.165, 1.54) is 0 Å². The standard InChI is InChI=1S/C9H13NO.C6H8O4/c1-7(2)11-9-5-3-8(10)4-6-9;1-2-10-6(9)4-3-5(7)8/h3-7H,10H2,1-2H3;3-4H,2H2,1H3,(H,7,8). The average molecular weight is 295 g/mol. The van der Waals surface area contributed by atoms with Crippen molar-refractivity contribution >= 4 is 17.6 Å². The van der Waals surface area contributed by atoms with Crippen LogP contribution in [0.15, 0.2) is 36.4 Å². The lowest BCUT2D eigenvalue weighted by molar-refractivity contribution is -0.138. The smallest absolute Gasteiger partial charge is 0.330 e. The number of carbonyl (C=O) groups excluding carboxylic acids is 1. The minimum atomic E-state index is -1.16. The lowest BCUT2D eigenvalue weighted by atomic mass is 10.3. The molecule has 0 atom stereocenters. The van der Waals surface area contributed by atoms with E-state index in [9.17, 15) is 9.59 Å². The van der Waals surface area contributed by atoms with Crippen LogP contribution < -0.4 is 10.5 Å². The molecule has 0 saturated carbocycles. The summed E-state index contributed by atoms with van der Waals surface area (Å²) in [5.41, 5.74) is 6.27. The van der Waals surface area contributed by atoms with Crippen LogP contribution in [0.2, 0.25) is 0 Å². The second-order valence-corrected chi connectivity index (χ2v) is 4.16. The highest BCUT2D eigenvalue weighted by Crippen LogP contribution is 2.14. The summed E-state index contributed by atoms with van der Waals surface area (Å²) in [5.74, 6) is -0.924. The molecule has 0 fully saturated rings. The lowest BCUT2D eigenvalue weighted by Crippen LogP contribution is -2.05. The van der Waals surface area contributed by atoms with Crippen LogP contribution in [0.5, 0.6) is 5.75 Å². The van der Waals surface area contributed by atoms with Gasteiger partial charge in [-0.25, -0.2) is 9.59 Å². The number of rotatable bonds is 5. The Morgan fingerprint density at radius 1 is 1.24 bits per heavy atom. The van der Waals surface area contributed by atoms with Crippen molar-refractivity contribution in [2.24, 2.45) is 0 Å². The van der Waals surface area contributed by atoms with E-state index < -0.39 is 11.9 Å². The predicted octanol–water partition coefficient (Wildman–Crippen LogP) is 2.25. The topological polar surface area (TPSA) is 98.9 Å². The van der Waals surface area contributed by atoms with Gasteiger partial charge in [0.15, 0.2) is 0 Å². The van der Waals surface area contributed by atoms with Gasteiger partial charge in [0.05, 0.1) is 12.7 Å². The second-order valence-electron chi connectivity index (χ2n) is 4.16. The Morgan fingerprint density at radius 2 is 1.81 bits per heavy atom. The molecule has 0 spiro atoms. The predicted molar refractivity (Wildman–Crippen MR) is 80.0 cm³/mol. The number of carbonyl (C=O) groups is 2. The first-order valence-corrected chi connectivity index (χ1v) is 6.45. The summed E-state index contributed by atoms with van der Waals surface area (Å²) in [4.78, 5) is 20.2. The molecule has 0 aliphatic carbocycles. The fraction of sp³-hybridized carbons (Fsp3) is 0.333. The van der Waals surface area contributed by atoms with Crippen molar-refractivity contribution < 1.29 is 24.2 Å². The maximum absolute atomic E-state index is 10.4. The van der Waals surface area contributed by atoms with E-state index in [1.54, 1.807) is 6.92 Å². The quantitative estimate of drug-likeness (QED) is 0.491. The molecule has 1 rings (SSSR count). The summed E-state index contributed by atoms with van der Waals surface area (Å²) < 4.78 is 9.82. The minimum Gasteiger partial charge on any atom is -0.491 e. The Labute approximate surface area is 124 Å². The zero-order valence-corrected chi connectivity index (χ0v) is 12.4. The van der Waals surface area contributed by atoms with Crippen LogP contribution >= 0.6 is 0 Å². The fourth-order valence-electron chi connectivity index (χ4n) is 1.15. The zero-order valence-electron chi connectivity index (χ0n) is 12.4. The fourth-order valence-corrected chi connectivity index (χ4v) is 1.15. The van der Waals surface area contributed by atoms with Crippen molar-refractivity contribution in [3.8, 4) is 5.75 Å². The second kappa shape index (κ2) is 10.3. The van der Waals surface area contributed by atoms with Gasteiger partial charge in [-0.1, -0.05) is 0 Å².